The fraction of sp³-hybridized carbons (Fsp3) is 0.889. The van der Waals surface area contributed by atoms with Crippen molar-refractivity contribution in [3.05, 3.63) is 0 Å². The maximum atomic E-state index is 12.1. The van der Waals surface area contributed by atoms with Crippen LogP contribution in [0.1, 0.15) is 34.1 Å². The summed E-state index contributed by atoms with van der Waals surface area (Å²) in [6.45, 7) is 4.99. The van der Waals surface area contributed by atoms with Crippen LogP contribution in [0.2, 0.25) is 0 Å². The summed E-state index contributed by atoms with van der Waals surface area (Å²) in [6.07, 6.45) is 0.512. The number of halogens is 1. The highest BCUT2D eigenvalue weighted by molar-refractivity contribution is 7.87. The second-order valence-corrected chi connectivity index (χ2v) is 7.54. The Labute approximate surface area is 91.3 Å². The lowest BCUT2D eigenvalue weighted by molar-refractivity contribution is 0.306. The smallest absolute Gasteiger partial charge is 0.236 e. The van der Waals surface area contributed by atoms with Gasteiger partial charge in [-0.3, -0.25) is 4.57 Å². The summed E-state index contributed by atoms with van der Waals surface area (Å²) in [7, 11) is 0. The van der Waals surface area contributed by atoms with E-state index < -0.39 is 6.65 Å². The van der Waals surface area contributed by atoms with Crippen LogP contribution in [-0.4, -0.2) is 22.9 Å². The molecule has 3 nitrogen and oxygen atoms in total. The second kappa shape index (κ2) is 5.75. The lowest BCUT2D eigenvalue weighted by Crippen LogP contribution is -2.33. The van der Waals surface area contributed by atoms with Crippen LogP contribution in [0.4, 0.5) is 0 Å². The van der Waals surface area contributed by atoms with Crippen LogP contribution in [0.5, 0.6) is 0 Å². The summed E-state index contributed by atoms with van der Waals surface area (Å²) in [5, 5.41) is 8.44. The fourth-order valence-corrected chi connectivity index (χ4v) is 4.88. The Kier molecular flexibility index (Phi) is 5.74. The summed E-state index contributed by atoms with van der Waals surface area (Å²) in [5.74, 6) is 0. The standard InChI is InChI=1S/C9H18ClN2OP/c1-8(2)12(9(3)4)14(10,13)7-5-6-11/h8-9H,5,7H2,1-4H3. The molecule has 0 saturated carbocycles. The third kappa shape index (κ3) is 4.00. The van der Waals surface area contributed by atoms with Gasteiger partial charge in [0.2, 0.25) is 6.65 Å². The Morgan fingerprint density at radius 2 is 1.79 bits per heavy atom. The van der Waals surface area contributed by atoms with Crippen molar-refractivity contribution in [3.63, 3.8) is 0 Å². The molecule has 14 heavy (non-hydrogen) atoms. The third-order valence-electron chi connectivity index (χ3n) is 1.90. The highest BCUT2D eigenvalue weighted by Gasteiger charge is 2.31. The number of hydrogen-bond donors (Lipinski definition) is 0. The predicted molar refractivity (Wildman–Crippen MR) is 60.7 cm³/mol. The summed E-state index contributed by atoms with van der Waals surface area (Å²) in [6, 6.07) is 2.25. The zero-order chi connectivity index (χ0) is 11.4. The van der Waals surface area contributed by atoms with E-state index in [9.17, 15) is 4.57 Å². The van der Waals surface area contributed by atoms with Gasteiger partial charge in [0.05, 0.1) is 6.07 Å². The molecule has 0 radical (unpaired) electrons. The number of nitriles is 1. The molecule has 0 bridgehead atoms. The molecule has 0 spiro atoms. The highest BCUT2D eigenvalue weighted by Crippen LogP contribution is 2.57. The molecule has 0 N–H and O–H groups in total. The first-order valence-corrected chi connectivity index (χ1v) is 7.52. The Hall–Kier alpha value is -0.0300. The minimum Gasteiger partial charge on any atom is -0.289 e. The van der Waals surface area contributed by atoms with E-state index in [2.05, 4.69) is 0 Å². The van der Waals surface area contributed by atoms with Crippen LogP contribution in [-0.2, 0) is 4.57 Å². The van der Waals surface area contributed by atoms with Gasteiger partial charge in [0.25, 0.3) is 0 Å². The van der Waals surface area contributed by atoms with Crippen LogP contribution in [0, 0.1) is 11.3 Å². The van der Waals surface area contributed by atoms with Crippen LogP contribution in [0.25, 0.3) is 0 Å². The van der Waals surface area contributed by atoms with E-state index >= 15 is 0 Å². The quantitative estimate of drug-likeness (QED) is 0.687. The molecule has 1 atom stereocenters. The molecule has 82 valence electrons. The van der Waals surface area contributed by atoms with Crippen molar-refractivity contribution in [1.82, 2.24) is 4.67 Å². The Bertz CT molecular complexity index is 252. The maximum Gasteiger partial charge on any atom is 0.236 e. The van der Waals surface area contributed by atoms with Gasteiger partial charge in [-0.2, -0.15) is 5.26 Å². The number of nitrogens with zero attached hydrogens (tertiary/aromatic N) is 2. The van der Waals surface area contributed by atoms with E-state index in [1.165, 1.54) is 0 Å². The van der Waals surface area contributed by atoms with Crippen molar-refractivity contribution in [2.75, 3.05) is 6.16 Å². The molecule has 1 unspecified atom stereocenters. The summed E-state index contributed by atoms with van der Waals surface area (Å²) in [4.78, 5) is 0. The zero-order valence-electron chi connectivity index (χ0n) is 9.20. The molecular weight excluding hydrogens is 219 g/mol. The van der Waals surface area contributed by atoms with Gasteiger partial charge in [-0.25, -0.2) is 4.67 Å². The molecule has 0 amide bonds. The highest BCUT2D eigenvalue weighted by atomic mass is 35.7. The van der Waals surface area contributed by atoms with Crippen molar-refractivity contribution in [2.24, 2.45) is 0 Å². The van der Waals surface area contributed by atoms with Gasteiger partial charge in [-0.1, -0.05) is 0 Å². The van der Waals surface area contributed by atoms with Gasteiger partial charge in [0, 0.05) is 24.7 Å². The molecule has 0 aliphatic carbocycles. The van der Waals surface area contributed by atoms with Gasteiger partial charge < -0.3 is 0 Å². The van der Waals surface area contributed by atoms with Crippen molar-refractivity contribution in [2.45, 2.75) is 46.2 Å². The first-order valence-electron chi connectivity index (χ1n) is 4.77. The minimum absolute atomic E-state index is 0.136. The van der Waals surface area contributed by atoms with Crippen molar-refractivity contribution < 1.29 is 4.57 Å². The monoisotopic (exact) mass is 236 g/mol. The third-order valence-corrected chi connectivity index (χ3v) is 5.32. The van der Waals surface area contributed by atoms with Gasteiger partial charge in [-0.05, 0) is 38.9 Å². The molecule has 0 aliphatic heterocycles. The Morgan fingerprint density at radius 3 is 2.07 bits per heavy atom. The van der Waals surface area contributed by atoms with E-state index in [4.69, 9.17) is 16.5 Å². The van der Waals surface area contributed by atoms with Crippen LogP contribution < -0.4 is 0 Å². The van der Waals surface area contributed by atoms with Crippen LogP contribution in [0.15, 0.2) is 0 Å². The first-order chi connectivity index (χ1) is 6.33. The van der Waals surface area contributed by atoms with Gasteiger partial charge in [0.1, 0.15) is 0 Å². The molecule has 0 fully saturated rings. The topological polar surface area (TPSA) is 44.1 Å². The van der Waals surface area contributed by atoms with Gasteiger partial charge >= 0.3 is 0 Å². The van der Waals surface area contributed by atoms with Gasteiger partial charge in [0.15, 0.2) is 0 Å². The van der Waals surface area contributed by atoms with Crippen LogP contribution in [0.3, 0.4) is 0 Å². The number of rotatable bonds is 5. The van der Waals surface area contributed by atoms with Gasteiger partial charge in [-0.15, -0.1) is 0 Å². The normalized spacial score (nSPS) is 15.9. The maximum absolute atomic E-state index is 12.1. The Morgan fingerprint density at radius 1 is 1.36 bits per heavy atom. The molecule has 0 aromatic rings. The minimum atomic E-state index is -2.85. The molecule has 0 heterocycles. The molecule has 0 saturated heterocycles. The lowest BCUT2D eigenvalue weighted by atomic mass is 10.3. The molecular formula is C9H18ClN2OP. The fourth-order valence-electron chi connectivity index (χ4n) is 1.59. The molecule has 5 heteroatoms. The largest absolute Gasteiger partial charge is 0.289 e. The van der Waals surface area contributed by atoms with E-state index in [1.54, 1.807) is 4.67 Å². The van der Waals surface area contributed by atoms with Crippen LogP contribution >= 0.6 is 17.9 Å². The number of hydrogen-bond acceptors (Lipinski definition) is 2. The zero-order valence-corrected chi connectivity index (χ0v) is 10.8. The first kappa shape index (κ1) is 14.0. The average molecular weight is 237 g/mol. The summed E-state index contributed by atoms with van der Waals surface area (Å²) < 4.78 is 13.9. The molecule has 0 rings (SSSR count). The van der Waals surface area contributed by atoms with E-state index in [0.717, 1.165) is 0 Å². The molecule has 0 aromatic heterocycles. The van der Waals surface area contributed by atoms with E-state index in [1.807, 2.05) is 33.8 Å². The summed E-state index contributed by atoms with van der Waals surface area (Å²) in [5.41, 5.74) is 0. The summed E-state index contributed by atoms with van der Waals surface area (Å²) >= 11 is 6.00. The second-order valence-electron chi connectivity index (χ2n) is 3.82. The Balaban J connectivity index is 4.65. The van der Waals surface area contributed by atoms with Crippen molar-refractivity contribution in [3.8, 4) is 6.07 Å². The SMILES string of the molecule is CC(C)N(C(C)C)P(=O)(Cl)CCC#N. The average Bonchev–Trinajstić information content (AvgIpc) is 1.98. The van der Waals surface area contributed by atoms with E-state index in [-0.39, 0.29) is 24.7 Å². The molecule has 0 aromatic carbocycles. The van der Waals surface area contributed by atoms with Crippen molar-refractivity contribution >= 4 is 17.9 Å². The van der Waals surface area contributed by atoms with E-state index in [0.29, 0.717) is 0 Å². The van der Waals surface area contributed by atoms with Crippen molar-refractivity contribution in [1.29, 1.82) is 5.26 Å². The lowest BCUT2D eigenvalue weighted by Gasteiger charge is -2.33. The molecule has 0 aliphatic rings. The predicted octanol–water partition coefficient (Wildman–Crippen LogP) is 3.45.